The Morgan fingerprint density at radius 3 is 2.45 bits per heavy atom. The average Bonchev–Trinajstić information content (AvgIpc) is 2.39. The molecule has 2 rings (SSSR count). The highest BCUT2D eigenvalue weighted by Crippen LogP contribution is 2.29. The van der Waals surface area contributed by atoms with Crippen molar-refractivity contribution in [3.05, 3.63) is 53.8 Å². The third kappa shape index (κ3) is 3.93. The fraction of sp³-hybridized carbons (Fsp3) is 0.0667. The first-order valence-electron chi connectivity index (χ1n) is 5.88. The van der Waals surface area contributed by atoms with Crippen LogP contribution >= 0.6 is 11.8 Å². The molecule has 0 aliphatic heterocycles. The maximum atomic E-state index is 13.3. The second-order valence-electron chi connectivity index (χ2n) is 4.15. The van der Waals surface area contributed by atoms with Crippen LogP contribution in [0.25, 0.3) is 0 Å². The fourth-order valence-electron chi connectivity index (χ4n) is 1.66. The maximum absolute atomic E-state index is 13.3. The van der Waals surface area contributed by atoms with Crippen LogP contribution in [0.2, 0.25) is 0 Å². The summed E-state index contributed by atoms with van der Waals surface area (Å²) in [5, 5.41) is 2.67. The first-order chi connectivity index (χ1) is 9.56. The fourth-order valence-corrected chi connectivity index (χ4v) is 2.57. The number of carbonyl (C=O) groups excluding carboxylic acids is 2. The van der Waals surface area contributed by atoms with Crippen molar-refractivity contribution in [1.29, 1.82) is 0 Å². The van der Waals surface area contributed by atoms with Crippen LogP contribution in [0.5, 0.6) is 0 Å². The SMILES string of the molecule is CC(=O)Nc1ccc(Sc2cc(F)cc(C=O)c2)cc1. The molecule has 0 atom stereocenters. The molecule has 20 heavy (non-hydrogen) atoms. The summed E-state index contributed by atoms with van der Waals surface area (Å²) >= 11 is 1.35. The van der Waals surface area contributed by atoms with Crippen LogP contribution in [0.4, 0.5) is 10.1 Å². The lowest BCUT2D eigenvalue weighted by molar-refractivity contribution is -0.114. The van der Waals surface area contributed by atoms with Crippen LogP contribution in [0, 0.1) is 5.82 Å². The zero-order valence-electron chi connectivity index (χ0n) is 10.7. The van der Waals surface area contributed by atoms with Crippen molar-refractivity contribution in [2.75, 3.05) is 5.32 Å². The highest BCUT2D eigenvalue weighted by molar-refractivity contribution is 7.99. The summed E-state index contributed by atoms with van der Waals surface area (Å²) < 4.78 is 13.3. The molecule has 3 nitrogen and oxygen atoms in total. The van der Waals surface area contributed by atoms with Crippen molar-refractivity contribution in [2.45, 2.75) is 16.7 Å². The Kier molecular flexibility index (Phi) is 4.53. The van der Waals surface area contributed by atoms with Crippen LogP contribution in [-0.2, 0) is 4.79 Å². The molecule has 0 saturated heterocycles. The number of nitrogens with one attached hydrogen (secondary N) is 1. The molecule has 0 aromatic heterocycles. The van der Waals surface area contributed by atoms with Crippen molar-refractivity contribution >= 4 is 29.6 Å². The zero-order chi connectivity index (χ0) is 14.5. The summed E-state index contributed by atoms with van der Waals surface area (Å²) in [5.41, 5.74) is 1.01. The van der Waals surface area contributed by atoms with Crippen LogP contribution in [0.15, 0.2) is 52.3 Å². The molecular weight excluding hydrogens is 277 g/mol. The van der Waals surface area contributed by atoms with Crippen molar-refractivity contribution in [3.8, 4) is 0 Å². The third-order valence-corrected chi connectivity index (χ3v) is 3.42. The van der Waals surface area contributed by atoms with Gasteiger partial charge in [0.25, 0.3) is 0 Å². The Morgan fingerprint density at radius 1 is 1.15 bits per heavy atom. The van der Waals surface area contributed by atoms with Gasteiger partial charge in [0.05, 0.1) is 0 Å². The minimum atomic E-state index is -0.438. The molecule has 0 unspecified atom stereocenters. The second kappa shape index (κ2) is 6.34. The Morgan fingerprint density at radius 2 is 1.85 bits per heavy atom. The molecule has 1 amide bonds. The lowest BCUT2D eigenvalue weighted by Crippen LogP contribution is -2.05. The first-order valence-corrected chi connectivity index (χ1v) is 6.70. The summed E-state index contributed by atoms with van der Waals surface area (Å²) in [4.78, 5) is 23.1. The number of benzene rings is 2. The number of hydrogen-bond acceptors (Lipinski definition) is 3. The Hall–Kier alpha value is -2.14. The van der Waals surface area contributed by atoms with E-state index in [1.807, 2.05) is 12.1 Å². The van der Waals surface area contributed by atoms with Gasteiger partial charge in [0, 0.05) is 28.0 Å². The standard InChI is InChI=1S/C15H12FNO2S/c1-10(19)17-13-2-4-14(5-3-13)20-15-7-11(9-18)6-12(16)8-15/h2-9H,1H3,(H,17,19). The summed E-state index contributed by atoms with van der Waals surface area (Å²) in [7, 11) is 0. The topological polar surface area (TPSA) is 46.2 Å². The number of aldehydes is 1. The molecule has 0 aliphatic rings. The molecule has 0 heterocycles. The Labute approximate surface area is 120 Å². The Balaban J connectivity index is 2.15. The minimum Gasteiger partial charge on any atom is -0.326 e. The van der Waals surface area contributed by atoms with Gasteiger partial charge < -0.3 is 5.32 Å². The smallest absolute Gasteiger partial charge is 0.221 e. The quantitative estimate of drug-likeness (QED) is 0.872. The molecule has 1 N–H and O–H groups in total. The van der Waals surface area contributed by atoms with Crippen LogP contribution in [0.3, 0.4) is 0 Å². The van der Waals surface area contributed by atoms with E-state index in [1.54, 1.807) is 18.2 Å². The van der Waals surface area contributed by atoms with Gasteiger partial charge >= 0.3 is 0 Å². The van der Waals surface area contributed by atoms with E-state index in [4.69, 9.17) is 0 Å². The predicted octanol–water partition coefficient (Wildman–Crippen LogP) is 3.75. The second-order valence-corrected chi connectivity index (χ2v) is 5.29. The highest BCUT2D eigenvalue weighted by atomic mass is 32.2. The number of hydrogen-bond donors (Lipinski definition) is 1. The van der Waals surface area contributed by atoms with Crippen LogP contribution in [-0.4, -0.2) is 12.2 Å². The lowest BCUT2D eigenvalue weighted by Gasteiger charge is -2.05. The largest absolute Gasteiger partial charge is 0.326 e. The van der Waals surface area contributed by atoms with Crippen molar-refractivity contribution < 1.29 is 14.0 Å². The molecule has 0 bridgehead atoms. The Bertz CT molecular complexity index is 641. The summed E-state index contributed by atoms with van der Waals surface area (Å²) in [6.45, 7) is 1.44. The number of anilines is 1. The van der Waals surface area contributed by atoms with E-state index < -0.39 is 5.82 Å². The summed E-state index contributed by atoms with van der Waals surface area (Å²) in [5.74, 6) is -0.571. The highest BCUT2D eigenvalue weighted by Gasteiger charge is 2.03. The number of amides is 1. The van der Waals surface area contributed by atoms with E-state index in [2.05, 4.69) is 5.32 Å². The van der Waals surface area contributed by atoms with E-state index in [0.717, 1.165) is 4.90 Å². The van der Waals surface area contributed by atoms with Gasteiger partial charge in [-0.15, -0.1) is 0 Å². The van der Waals surface area contributed by atoms with E-state index in [-0.39, 0.29) is 5.91 Å². The number of halogens is 1. The molecule has 0 radical (unpaired) electrons. The van der Waals surface area contributed by atoms with Gasteiger partial charge in [0.15, 0.2) is 0 Å². The van der Waals surface area contributed by atoms with Crippen molar-refractivity contribution in [1.82, 2.24) is 0 Å². The monoisotopic (exact) mass is 289 g/mol. The first kappa shape index (κ1) is 14.3. The molecule has 0 aliphatic carbocycles. The molecule has 102 valence electrons. The summed E-state index contributed by atoms with van der Waals surface area (Å²) in [6.07, 6.45) is 0.618. The van der Waals surface area contributed by atoms with Gasteiger partial charge in [0.1, 0.15) is 12.1 Å². The lowest BCUT2D eigenvalue weighted by atomic mass is 10.2. The van der Waals surface area contributed by atoms with Crippen LogP contribution in [0.1, 0.15) is 17.3 Å². The van der Waals surface area contributed by atoms with E-state index >= 15 is 0 Å². The van der Waals surface area contributed by atoms with E-state index in [9.17, 15) is 14.0 Å². The summed E-state index contributed by atoms with van der Waals surface area (Å²) in [6, 6.07) is 11.4. The third-order valence-electron chi connectivity index (χ3n) is 2.44. The molecule has 2 aromatic rings. The molecule has 0 spiro atoms. The average molecular weight is 289 g/mol. The van der Waals surface area contributed by atoms with E-state index in [1.165, 1.54) is 30.8 Å². The normalized spacial score (nSPS) is 10.1. The van der Waals surface area contributed by atoms with Gasteiger partial charge in [-0.3, -0.25) is 9.59 Å². The van der Waals surface area contributed by atoms with Gasteiger partial charge in [-0.2, -0.15) is 0 Å². The van der Waals surface area contributed by atoms with Crippen LogP contribution < -0.4 is 5.32 Å². The maximum Gasteiger partial charge on any atom is 0.221 e. The zero-order valence-corrected chi connectivity index (χ0v) is 11.5. The predicted molar refractivity (Wildman–Crippen MR) is 76.7 cm³/mol. The minimum absolute atomic E-state index is 0.133. The molecular formula is C15H12FNO2S. The molecule has 0 fully saturated rings. The van der Waals surface area contributed by atoms with Gasteiger partial charge in [-0.25, -0.2) is 4.39 Å². The van der Waals surface area contributed by atoms with Gasteiger partial charge in [-0.1, -0.05) is 11.8 Å². The molecule has 2 aromatic carbocycles. The number of rotatable bonds is 4. The number of carbonyl (C=O) groups is 2. The van der Waals surface area contributed by atoms with Gasteiger partial charge in [-0.05, 0) is 42.5 Å². The molecule has 0 saturated carbocycles. The van der Waals surface area contributed by atoms with Crippen molar-refractivity contribution in [2.24, 2.45) is 0 Å². The van der Waals surface area contributed by atoms with Gasteiger partial charge in [0.2, 0.25) is 5.91 Å². The van der Waals surface area contributed by atoms with Crippen molar-refractivity contribution in [3.63, 3.8) is 0 Å². The van der Waals surface area contributed by atoms with E-state index in [0.29, 0.717) is 22.4 Å². The molecule has 5 heteroatoms.